The molecule has 0 saturated carbocycles. The number of aromatic amines is 1. The maximum Gasteiger partial charge on any atom is 0.143 e. The standard InChI is InChI=1S/C22H23N3O2/c1-12(2)26-17-8-6-7-16(10-17)22-18-9-13(3)23-19(18)11-20(24-22)21-14(4)25-27-15(21)5/h6-12,23H,1-5H3. The molecule has 4 aromatic rings. The Morgan fingerprint density at radius 1 is 1.07 bits per heavy atom. The molecule has 5 heteroatoms. The van der Waals surface area contributed by atoms with Gasteiger partial charge in [-0.2, -0.15) is 0 Å². The maximum atomic E-state index is 5.87. The Morgan fingerprint density at radius 3 is 2.59 bits per heavy atom. The van der Waals surface area contributed by atoms with Crippen molar-refractivity contribution < 1.29 is 9.26 Å². The van der Waals surface area contributed by atoms with Gasteiger partial charge in [0.2, 0.25) is 0 Å². The number of fused-ring (bicyclic) bond motifs is 1. The van der Waals surface area contributed by atoms with Crippen LogP contribution in [0.25, 0.3) is 33.4 Å². The molecule has 0 atom stereocenters. The van der Waals surface area contributed by atoms with Crippen LogP contribution in [-0.2, 0) is 0 Å². The van der Waals surface area contributed by atoms with E-state index in [-0.39, 0.29) is 6.10 Å². The largest absolute Gasteiger partial charge is 0.491 e. The summed E-state index contributed by atoms with van der Waals surface area (Å²) in [6.07, 6.45) is 0.122. The van der Waals surface area contributed by atoms with Crippen molar-refractivity contribution in [3.63, 3.8) is 0 Å². The number of hydrogen-bond donors (Lipinski definition) is 1. The third kappa shape index (κ3) is 3.21. The van der Waals surface area contributed by atoms with Gasteiger partial charge in [0.1, 0.15) is 11.5 Å². The molecule has 1 N–H and O–H groups in total. The number of nitrogens with one attached hydrogen (secondary N) is 1. The van der Waals surface area contributed by atoms with Crippen LogP contribution >= 0.6 is 0 Å². The van der Waals surface area contributed by atoms with E-state index in [4.69, 9.17) is 14.2 Å². The molecule has 0 aliphatic rings. The highest BCUT2D eigenvalue weighted by atomic mass is 16.5. The lowest BCUT2D eigenvalue weighted by Gasteiger charge is -2.12. The van der Waals surface area contributed by atoms with Crippen molar-refractivity contribution in [2.24, 2.45) is 0 Å². The van der Waals surface area contributed by atoms with Crippen LogP contribution in [0.4, 0.5) is 0 Å². The third-order valence-electron chi connectivity index (χ3n) is 4.52. The molecule has 0 bridgehead atoms. The van der Waals surface area contributed by atoms with Crippen molar-refractivity contribution in [1.82, 2.24) is 15.1 Å². The molecule has 0 aliphatic carbocycles. The molecule has 0 radical (unpaired) electrons. The Bertz CT molecular complexity index is 1100. The summed E-state index contributed by atoms with van der Waals surface area (Å²) in [5.74, 6) is 1.61. The van der Waals surface area contributed by atoms with E-state index in [0.29, 0.717) is 0 Å². The lowest BCUT2D eigenvalue weighted by Crippen LogP contribution is -2.05. The highest BCUT2D eigenvalue weighted by Gasteiger charge is 2.17. The van der Waals surface area contributed by atoms with Gasteiger partial charge in [0, 0.05) is 22.2 Å². The van der Waals surface area contributed by atoms with Crippen LogP contribution in [0.1, 0.15) is 31.0 Å². The topological polar surface area (TPSA) is 63.9 Å². The Labute approximate surface area is 158 Å². The molecule has 5 nitrogen and oxygen atoms in total. The SMILES string of the molecule is Cc1cc2c(-c3cccc(OC(C)C)c3)nc(-c3c(C)noc3C)cc2[nH]1. The van der Waals surface area contributed by atoms with Crippen molar-refractivity contribution in [3.05, 3.63) is 53.5 Å². The summed E-state index contributed by atoms with van der Waals surface area (Å²) >= 11 is 0. The highest BCUT2D eigenvalue weighted by Crippen LogP contribution is 2.35. The molecule has 3 aromatic heterocycles. The molecule has 27 heavy (non-hydrogen) atoms. The quantitative estimate of drug-likeness (QED) is 0.514. The second kappa shape index (κ2) is 6.58. The van der Waals surface area contributed by atoms with Crippen LogP contribution in [0.15, 0.2) is 40.9 Å². The minimum absolute atomic E-state index is 0.122. The number of rotatable bonds is 4. The monoisotopic (exact) mass is 361 g/mol. The fraction of sp³-hybridized carbons (Fsp3) is 0.273. The lowest BCUT2D eigenvalue weighted by atomic mass is 10.0. The second-order valence-corrected chi connectivity index (χ2v) is 7.16. The van der Waals surface area contributed by atoms with Gasteiger partial charge in [0.15, 0.2) is 0 Å². The van der Waals surface area contributed by atoms with Crippen molar-refractivity contribution in [3.8, 4) is 28.3 Å². The number of aryl methyl sites for hydroxylation is 3. The molecule has 0 spiro atoms. The summed E-state index contributed by atoms with van der Waals surface area (Å²) in [4.78, 5) is 8.43. The summed E-state index contributed by atoms with van der Waals surface area (Å²) in [6.45, 7) is 9.96. The zero-order valence-corrected chi connectivity index (χ0v) is 16.3. The van der Waals surface area contributed by atoms with E-state index in [9.17, 15) is 0 Å². The molecule has 4 rings (SSSR count). The van der Waals surface area contributed by atoms with Crippen molar-refractivity contribution in [2.45, 2.75) is 40.7 Å². The van der Waals surface area contributed by atoms with Crippen LogP contribution in [0, 0.1) is 20.8 Å². The van der Waals surface area contributed by atoms with E-state index in [0.717, 1.165) is 56.3 Å². The minimum Gasteiger partial charge on any atom is -0.491 e. The molecular weight excluding hydrogens is 338 g/mol. The number of hydrogen-bond acceptors (Lipinski definition) is 4. The average molecular weight is 361 g/mol. The van der Waals surface area contributed by atoms with Gasteiger partial charge in [-0.15, -0.1) is 0 Å². The van der Waals surface area contributed by atoms with E-state index in [1.54, 1.807) is 0 Å². The Morgan fingerprint density at radius 2 is 1.89 bits per heavy atom. The first-order valence-electron chi connectivity index (χ1n) is 9.13. The molecule has 0 amide bonds. The van der Waals surface area contributed by atoms with E-state index in [1.807, 2.05) is 45.9 Å². The number of aromatic nitrogens is 3. The van der Waals surface area contributed by atoms with Gasteiger partial charge in [0.25, 0.3) is 0 Å². The lowest BCUT2D eigenvalue weighted by molar-refractivity contribution is 0.242. The van der Waals surface area contributed by atoms with Crippen molar-refractivity contribution in [2.75, 3.05) is 0 Å². The van der Waals surface area contributed by atoms with Crippen LogP contribution < -0.4 is 4.74 Å². The predicted molar refractivity (Wildman–Crippen MR) is 107 cm³/mol. The van der Waals surface area contributed by atoms with Crippen LogP contribution in [0.3, 0.4) is 0 Å². The zero-order chi connectivity index (χ0) is 19.1. The third-order valence-corrected chi connectivity index (χ3v) is 4.52. The van der Waals surface area contributed by atoms with Crippen LogP contribution in [0.5, 0.6) is 5.75 Å². The first kappa shape index (κ1) is 17.3. The van der Waals surface area contributed by atoms with Crippen molar-refractivity contribution >= 4 is 10.9 Å². The molecule has 0 fully saturated rings. The number of benzene rings is 1. The van der Waals surface area contributed by atoms with Crippen molar-refractivity contribution in [1.29, 1.82) is 0 Å². The predicted octanol–water partition coefficient (Wildman–Crippen LogP) is 5.60. The molecule has 0 saturated heterocycles. The molecule has 3 heterocycles. The van der Waals surface area contributed by atoms with E-state index in [2.05, 4.69) is 35.3 Å². The number of pyridine rings is 1. The second-order valence-electron chi connectivity index (χ2n) is 7.16. The molecule has 0 unspecified atom stereocenters. The highest BCUT2D eigenvalue weighted by molar-refractivity contribution is 5.96. The van der Waals surface area contributed by atoms with Gasteiger partial charge in [-0.3, -0.25) is 0 Å². The van der Waals surface area contributed by atoms with Crippen LogP contribution in [0.2, 0.25) is 0 Å². The fourth-order valence-corrected chi connectivity index (χ4v) is 3.46. The van der Waals surface area contributed by atoms with Gasteiger partial charge >= 0.3 is 0 Å². The number of ether oxygens (including phenoxy) is 1. The van der Waals surface area contributed by atoms with E-state index in [1.165, 1.54) is 0 Å². The fourth-order valence-electron chi connectivity index (χ4n) is 3.46. The summed E-state index contributed by atoms with van der Waals surface area (Å²) in [5, 5.41) is 5.17. The maximum absolute atomic E-state index is 5.87. The first-order valence-corrected chi connectivity index (χ1v) is 9.13. The van der Waals surface area contributed by atoms with E-state index >= 15 is 0 Å². The average Bonchev–Trinajstić information content (AvgIpc) is 3.14. The Kier molecular flexibility index (Phi) is 4.22. The zero-order valence-electron chi connectivity index (χ0n) is 16.3. The van der Waals surface area contributed by atoms with E-state index < -0.39 is 0 Å². The summed E-state index contributed by atoms with van der Waals surface area (Å²) in [6, 6.07) is 12.3. The minimum atomic E-state index is 0.122. The van der Waals surface area contributed by atoms with Gasteiger partial charge in [-0.05, 0) is 58.9 Å². The summed E-state index contributed by atoms with van der Waals surface area (Å²) in [5.41, 5.74) is 6.71. The Balaban J connectivity index is 1.94. The molecule has 138 valence electrons. The van der Waals surface area contributed by atoms with Gasteiger partial charge in [-0.25, -0.2) is 4.98 Å². The first-order chi connectivity index (χ1) is 12.9. The molecular formula is C22H23N3O2. The van der Waals surface area contributed by atoms with Gasteiger partial charge < -0.3 is 14.2 Å². The summed E-state index contributed by atoms with van der Waals surface area (Å²) < 4.78 is 11.2. The van der Waals surface area contributed by atoms with Gasteiger partial charge in [0.05, 0.1) is 28.7 Å². The molecule has 1 aromatic carbocycles. The number of H-pyrrole nitrogens is 1. The smallest absolute Gasteiger partial charge is 0.143 e. The van der Waals surface area contributed by atoms with Crippen LogP contribution in [-0.4, -0.2) is 21.2 Å². The normalized spacial score (nSPS) is 11.5. The number of nitrogens with zero attached hydrogens (tertiary/aromatic N) is 2. The summed E-state index contributed by atoms with van der Waals surface area (Å²) in [7, 11) is 0. The molecule has 0 aliphatic heterocycles. The van der Waals surface area contributed by atoms with Gasteiger partial charge in [-0.1, -0.05) is 17.3 Å². The Hall–Kier alpha value is -3.08.